The lowest BCUT2D eigenvalue weighted by atomic mass is 9.94. The number of hydrogen-bond donors (Lipinski definition) is 0. The minimum Gasteiger partial charge on any atom is -0.330 e. The lowest BCUT2D eigenvalue weighted by Crippen LogP contribution is -2.39. The summed E-state index contributed by atoms with van der Waals surface area (Å²) < 4.78 is 44.0. The molecule has 0 radical (unpaired) electrons. The molecule has 0 spiro atoms. The molecule has 11 heteroatoms. The van der Waals surface area contributed by atoms with Gasteiger partial charge in [-0.25, -0.2) is 18.2 Å². The predicted molar refractivity (Wildman–Crippen MR) is 134 cm³/mol. The van der Waals surface area contributed by atoms with Gasteiger partial charge in [0.25, 0.3) is 11.8 Å². The van der Waals surface area contributed by atoms with E-state index in [1.165, 1.54) is 34.0 Å². The predicted octanol–water partition coefficient (Wildman–Crippen LogP) is 5.52. The van der Waals surface area contributed by atoms with Crippen LogP contribution in [0.1, 0.15) is 40.1 Å². The van der Waals surface area contributed by atoms with Gasteiger partial charge < -0.3 is 4.90 Å². The number of hydrogen-bond acceptors (Lipinski definition) is 3. The van der Waals surface area contributed by atoms with E-state index in [-0.39, 0.29) is 22.7 Å². The molecule has 0 saturated heterocycles. The summed E-state index contributed by atoms with van der Waals surface area (Å²) in [5, 5.41) is 3.51. The van der Waals surface area contributed by atoms with E-state index in [0.717, 1.165) is 23.8 Å². The van der Waals surface area contributed by atoms with Gasteiger partial charge in [0.05, 0.1) is 28.0 Å². The molecule has 6 nitrogen and oxygen atoms in total. The lowest BCUT2D eigenvalue weighted by molar-refractivity contribution is -0.116. The zero-order valence-corrected chi connectivity index (χ0v) is 21.1. The molecule has 190 valence electrons. The quantitative estimate of drug-likeness (QED) is 0.406. The Labute approximate surface area is 220 Å². The van der Waals surface area contributed by atoms with E-state index in [4.69, 9.17) is 23.2 Å². The Morgan fingerprint density at radius 3 is 2.43 bits per heavy atom. The molecular weight excluding hydrogens is 528 g/mol. The molecule has 2 amide bonds. The maximum absolute atomic E-state index is 14.6. The average Bonchev–Trinajstić information content (AvgIpc) is 3.18. The molecule has 2 atom stereocenters. The van der Waals surface area contributed by atoms with Crippen LogP contribution >= 0.6 is 23.2 Å². The van der Waals surface area contributed by atoms with Gasteiger partial charge in [-0.05, 0) is 49.3 Å². The first-order valence-electron chi connectivity index (χ1n) is 11.3. The van der Waals surface area contributed by atoms with Crippen molar-refractivity contribution < 1.29 is 22.8 Å². The zero-order chi connectivity index (χ0) is 26.6. The van der Waals surface area contributed by atoms with Crippen LogP contribution in [0.2, 0.25) is 5.02 Å². The van der Waals surface area contributed by atoms with Gasteiger partial charge >= 0.3 is 0 Å². The number of allylic oxidation sites excluding steroid dienone is 1. The summed E-state index contributed by atoms with van der Waals surface area (Å²) in [6, 6.07) is 4.94. The van der Waals surface area contributed by atoms with Crippen LogP contribution in [0.4, 0.5) is 13.2 Å². The van der Waals surface area contributed by atoms with Crippen LogP contribution in [0.15, 0.2) is 41.4 Å². The minimum atomic E-state index is -1.02. The Kier molecular flexibility index (Phi) is 6.45. The molecule has 2 aliphatic heterocycles. The van der Waals surface area contributed by atoms with Gasteiger partial charge in [0, 0.05) is 42.6 Å². The molecular formula is C26H19Cl2F3N4O2. The number of benzene rings is 2. The van der Waals surface area contributed by atoms with E-state index in [0.29, 0.717) is 28.9 Å². The number of carbonyl (C=O) groups excluding carboxylic acids is 2. The number of fused-ring (bicyclic) bond motifs is 1. The summed E-state index contributed by atoms with van der Waals surface area (Å²) >= 11 is 12.5. The van der Waals surface area contributed by atoms with Crippen molar-refractivity contribution >= 4 is 46.8 Å². The fourth-order valence-electron chi connectivity index (χ4n) is 4.82. The number of carbonyl (C=O) groups is 2. The average molecular weight is 547 g/mol. The summed E-state index contributed by atoms with van der Waals surface area (Å²) in [6.45, 7) is 2.01. The third-order valence-corrected chi connectivity index (χ3v) is 7.23. The highest BCUT2D eigenvalue weighted by molar-refractivity contribution is 6.39. The summed E-state index contributed by atoms with van der Waals surface area (Å²) in [7, 11) is 1.67. The van der Waals surface area contributed by atoms with Gasteiger partial charge in [0.2, 0.25) is 0 Å². The SMILES string of the molecule is CC1c2nn(C)c(-c3cc(F)cc(F)c3)c2CCN1C(=O)c1cc(F)cc(C2=CC(Cl)C(=O)N=C2)c1Cl. The maximum atomic E-state index is 14.6. The summed E-state index contributed by atoms with van der Waals surface area (Å²) in [4.78, 5) is 30.4. The minimum absolute atomic E-state index is 0.00254. The third-order valence-electron chi connectivity index (χ3n) is 6.51. The number of amides is 2. The molecule has 2 aromatic carbocycles. The van der Waals surface area contributed by atoms with Gasteiger partial charge in [0.15, 0.2) is 0 Å². The number of aryl methyl sites for hydroxylation is 1. The smallest absolute Gasteiger partial charge is 0.267 e. The fourth-order valence-corrected chi connectivity index (χ4v) is 5.31. The van der Waals surface area contributed by atoms with Crippen LogP contribution in [0.3, 0.4) is 0 Å². The molecule has 3 heterocycles. The van der Waals surface area contributed by atoms with Crippen LogP contribution < -0.4 is 0 Å². The van der Waals surface area contributed by atoms with E-state index in [1.54, 1.807) is 14.0 Å². The van der Waals surface area contributed by atoms with Gasteiger partial charge in [0.1, 0.15) is 22.8 Å². The van der Waals surface area contributed by atoms with Gasteiger partial charge in [-0.1, -0.05) is 11.6 Å². The molecule has 0 saturated carbocycles. The van der Waals surface area contributed by atoms with E-state index in [9.17, 15) is 22.8 Å². The largest absolute Gasteiger partial charge is 0.330 e. The highest BCUT2D eigenvalue weighted by Crippen LogP contribution is 2.38. The highest BCUT2D eigenvalue weighted by atomic mass is 35.5. The number of aliphatic imine (C=N–C) groups is 1. The number of dihydropyridines is 1. The maximum Gasteiger partial charge on any atom is 0.267 e. The van der Waals surface area contributed by atoms with E-state index < -0.39 is 40.7 Å². The number of rotatable bonds is 3. The molecule has 0 aliphatic carbocycles. The first-order valence-corrected chi connectivity index (χ1v) is 12.1. The van der Waals surface area contributed by atoms with Crippen molar-refractivity contribution in [2.75, 3.05) is 6.54 Å². The van der Waals surface area contributed by atoms with Crippen molar-refractivity contribution in [3.05, 3.63) is 81.3 Å². The second kappa shape index (κ2) is 9.46. The molecule has 2 aliphatic rings. The number of aromatic nitrogens is 2. The molecule has 1 aromatic heterocycles. The summed E-state index contributed by atoms with van der Waals surface area (Å²) in [5.41, 5.74) is 2.70. The molecule has 0 bridgehead atoms. The van der Waals surface area contributed by atoms with Crippen LogP contribution in [0, 0.1) is 17.5 Å². The molecule has 3 aromatic rings. The first-order chi connectivity index (χ1) is 17.5. The highest BCUT2D eigenvalue weighted by Gasteiger charge is 2.35. The monoisotopic (exact) mass is 546 g/mol. The van der Waals surface area contributed by atoms with E-state index in [2.05, 4.69) is 10.1 Å². The summed E-state index contributed by atoms with van der Waals surface area (Å²) in [6.07, 6.45) is 2.99. The second-order valence-electron chi connectivity index (χ2n) is 8.85. The summed E-state index contributed by atoms with van der Waals surface area (Å²) in [5.74, 6) is -3.17. The molecule has 5 rings (SSSR count). The van der Waals surface area contributed by atoms with Crippen molar-refractivity contribution in [1.29, 1.82) is 0 Å². The Balaban J connectivity index is 1.51. The van der Waals surface area contributed by atoms with E-state index in [1.807, 2.05) is 0 Å². The van der Waals surface area contributed by atoms with Crippen LogP contribution in [-0.4, -0.2) is 44.6 Å². The number of nitrogens with zero attached hydrogens (tertiary/aromatic N) is 4. The Morgan fingerprint density at radius 1 is 1.08 bits per heavy atom. The second-order valence-corrected chi connectivity index (χ2v) is 9.70. The Morgan fingerprint density at radius 2 is 1.76 bits per heavy atom. The molecule has 2 unspecified atom stereocenters. The Hall–Kier alpha value is -3.43. The number of halogens is 5. The normalized spacial score (nSPS) is 19.2. The number of alkyl halides is 1. The lowest BCUT2D eigenvalue weighted by Gasteiger charge is -2.33. The van der Waals surface area contributed by atoms with Crippen molar-refractivity contribution in [2.24, 2.45) is 12.0 Å². The van der Waals surface area contributed by atoms with E-state index >= 15 is 0 Å². The van der Waals surface area contributed by atoms with Crippen molar-refractivity contribution in [1.82, 2.24) is 14.7 Å². The van der Waals surface area contributed by atoms with Gasteiger partial charge in [-0.3, -0.25) is 14.3 Å². The third kappa shape index (κ3) is 4.46. The Bertz CT molecular complexity index is 1510. The van der Waals surface area contributed by atoms with Crippen molar-refractivity contribution in [2.45, 2.75) is 24.8 Å². The van der Waals surface area contributed by atoms with Crippen molar-refractivity contribution in [3.63, 3.8) is 0 Å². The molecule has 37 heavy (non-hydrogen) atoms. The van der Waals surface area contributed by atoms with Crippen LogP contribution in [-0.2, 0) is 18.3 Å². The first kappa shape index (κ1) is 25.2. The van der Waals surface area contributed by atoms with Crippen LogP contribution in [0.5, 0.6) is 0 Å². The van der Waals surface area contributed by atoms with Gasteiger partial charge in [-0.2, -0.15) is 5.10 Å². The topological polar surface area (TPSA) is 67.6 Å². The van der Waals surface area contributed by atoms with Crippen LogP contribution in [0.25, 0.3) is 16.8 Å². The van der Waals surface area contributed by atoms with Crippen molar-refractivity contribution in [3.8, 4) is 11.3 Å². The van der Waals surface area contributed by atoms with Gasteiger partial charge in [-0.15, -0.1) is 11.6 Å². The fraction of sp³-hybridized carbons (Fsp3) is 0.231. The molecule has 0 N–H and O–H groups in total. The standard InChI is InChI=1S/C26H19Cl2F3N4O2/c1-12-23-18(24(34(2)33-23)13-5-15(29)8-16(30)6-13)3-4-35(12)26(37)20-10-17(31)9-19(22(20)28)14-7-21(27)25(36)32-11-14/h5-12,21H,3-4H2,1-2H3. The zero-order valence-electron chi connectivity index (χ0n) is 19.6. The molecule has 0 fully saturated rings.